The molecule has 3 heterocycles. The molecule has 1 aromatic carbocycles. The molecule has 136 valence electrons. The molecule has 0 radical (unpaired) electrons. The van der Waals surface area contributed by atoms with Gasteiger partial charge in [0.1, 0.15) is 5.65 Å². The smallest absolute Gasteiger partial charge is 0.255 e. The van der Waals surface area contributed by atoms with E-state index in [1.165, 1.54) is 0 Å². The van der Waals surface area contributed by atoms with Crippen molar-refractivity contribution in [1.29, 1.82) is 0 Å². The van der Waals surface area contributed by atoms with Crippen molar-refractivity contribution >= 4 is 11.6 Å². The number of aryl methyl sites for hydroxylation is 1. The van der Waals surface area contributed by atoms with Crippen LogP contribution in [0.2, 0.25) is 0 Å². The lowest BCUT2D eigenvalue weighted by atomic mass is 10.1. The van der Waals surface area contributed by atoms with Gasteiger partial charge in [-0.2, -0.15) is 5.10 Å². The van der Waals surface area contributed by atoms with Gasteiger partial charge in [-0.1, -0.05) is 30.3 Å². The maximum atomic E-state index is 12.9. The van der Waals surface area contributed by atoms with Crippen LogP contribution in [0.1, 0.15) is 34.7 Å². The van der Waals surface area contributed by atoms with Gasteiger partial charge in [-0.15, -0.1) is 0 Å². The van der Waals surface area contributed by atoms with E-state index in [0.717, 1.165) is 28.3 Å². The summed E-state index contributed by atoms with van der Waals surface area (Å²) in [6.45, 7) is 3.92. The number of nitrogens with zero attached hydrogens (tertiary/aromatic N) is 4. The van der Waals surface area contributed by atoms with Crippen molar-refractivity contribution in [1.82, 2.24) is 24.5 Å². The van der Waals surface area contributed by atoms with Crippen molar-refractivity contribution < 1.29 is 4.79 Å². The Bertz CT molecular complexity index is 1100. The standard InChI is InChI=1S/C21H21N5O/c1-14-12-26-13-17(9-10-20(26)22-14)21(27)25(3)15(2)18-11-19(24-23-18)16-7-5-4-6-8-16/h4-13,15H,1-3H3,(H,23,24)/t15-/m0/s1. The van der Waals surface area contributed by atoms with E-state index in [1.807, 2.05) is 79.2 Å². The first-order chi connectivity index (χ1) is 13.0. The van der Waals surface area contributed by atoms with E-state index in [9.17, 15) is 4.79 Å². The monoisotopic (exact) mass is 359 g/mol. The molecule has 0 aliphatic rings. The number of rotatable bonds is 4. The summed E-state index contributed by atoms with van der Waals surface area (Å²) < 4.78 is 1.88. The Kier molecular flexibility index (Phi) is 4.24. The minimum Gasteiger partial charge on any atom is -0.333 e. The van der Waals surface area contributed by atoms with Crippen LogP contribution in [-0.2, 0) is 0 Å². The Hall–Kier alpha value is -3.41. The summed E-state index contributed by atoms with van der Waals surface area (Å²) in [5.41, 5.74) is 5.19. The number of amides is 1. The number of benzene rings is 1. The fourth-order valence-corrected chi connectivity index (χ4v) is 3.14. The molecule has 0 unspecified atom stereocenters. The van der Waals surface area contributed by atoms with Crippen LogP contribution in [0, 0.1) is 6.92 Å². The summed E-state index contributed by atoms with van der Waals surface area (Å²) in [7, 11) is 1.80. The summed E-state index contributed by atoms with van der Waals surface area (Å²) in [6, 6.07) is 15.5. The summed E-state index contributed by atoms with van der Waals surface area (Å²) >= 11 is 0. The highest BCUT2D eigenvalue weighted by molar-refractivity contribution is 5.94. The second-order valence-electron chi connectivity index (χ2n) is 6.73. The second kappa shape index (κ2) is 6.72. The van der Waals surface area contributed by atoms with Crippen molar-refractivity contribution in [3.8, 4) is 11.3 Å². The predicted molar refractivity (Wildman–Crippen MR) is 104 cm³/mol. The van der Waals surface area contributed by atoms with Crippen molar-refractivity contribution in [2.24, 2.45) is 0 Å². The van der Waals surface area contributed by atoms with Gasteiger partial charge in [-0.25, -0.2) is 4.98 Å². The fourth-order valence-electron chi connectivity index (χ4n) is 3.14. The van der Waals surface area contributed by atoms with Crippen LogP contribution >= 0.6 is 0 Å². The Morgan fingerprint density at radius 2 is 1.93 bits per heavy atom. The van der Waals surface area contributed by atoms with E-state index < -0.39 is 0 Å². The minimum absolute atomic E-state index is 0.0494. The number of hydrogen-bond donors (Lipinski definition) is 1. The second-order valence-corrected chi connectivity index (χ2v) is 6.73. The van der Waals surface area contributed by atoms with Crippen LogP contribution in [0.25, 0.3) is 16.9 Å². The van der Waals surface area contributed by atoms with Gasteiger partial charge >= 0.3 is 0 Å². The van der Waals surface area contributed by atoms with E-state index >= 15 is 0 Å². The van der Waals surface area contributed by atoms with Crippen molar-refractivity contribution in [2.75, 3.05) is 7.05 Å². The zero-order valence-electron chi connectivity index (χ0n) is 15.5. The van der Waals surface area contributed by atoms with Gasteiger partial charge in [0.25, 0.3) is 5.91 Å². The lowest BCUT2D eigenvalue weighted by Crippen LogP contribution is -2.30. The molecule has 1 atom stereocenters. The number of aromatic amines is 1. The zero-order valence-corrected chi connectivity index (χ0v) is 15.5. The van der Waals surface area contributed by atoms with Crippen molar-refractivity contribution in [3.63, 3.8) is 0 Å². The maximum Gasteiger partial charge on any atom is 0.255 e. The zero-order chi connectivity index (χ0) is 19.0. The molecule has 6 heteroatoms. The third kappa shape index (κ3) is 3.21. The summed E-state index contributed by atoms with van der Waals surface area (Å²) in [5.74, 6) is -0.0494. The quantitative estimate of drug-likeness (QED) is 0.601. The molecule has 0 aliphatic carbocycles. The minimum atomic E-state index is -0.136. The number of carbonyl (C=O) groups excluding carboxylic acids is 1. The van der Waals surface area contributed by atoms with E-state index in [-0.39, 0.29) is 11.9 Å². The molecule has 1 amide bonds. The van der Waals surface area contributed by atoms with Crippen LogP contribution in [0.3, 0.4) is 0 Å². The van der Waals surface area contributed by atoms with Crippen LogP contribution in [0.15, 0.2) is 60.9 Å². The third-order valence-electron chi connectivity index (χ3n) is 4.84. The van der Waals surface area contributed by atoms with Crippen LogP contribution < -0.4 is 0 Å². The molecule has 4 rings (SSSR count). The van der Waals surface area contributed by atoms with Gasteiger partial charge in [0.05, 0.1) is 28.7 Å². The van der Waals surface area contributed by atoms with E-state index in [0.29, 0.717) is 5.56 Å². The number of H-pyrrole nitrogens is 1. The van der Waals surface area contributed by atoms with Crippen LogP contribution in [0.4, 0.5) is 0 Å². The van der Waals surface area contributed by atoms with Gasteiger partial charge in [-0.05, 0) is 32.0 Å². The number of carbonyl (C=O) groups is 1. The number of hydrogen-bond acceptors (Lipinski definition) is 3. The third-order valence-corrected chi connectivity index (χ3v) is 4.84. The van der Waals surface area contributed by atoms with Crippen LogP contribution in [0.5, 0.6) is 0 Å². The molecule has 6 nitrogen and oxygen atoms in total. The van der Waals surface area contributed by atoms with Gasteiger partial charge in [0, 0.05) is 25.0 Å². The number of pyridine rings is 1. The largest absolute Gasteiger partial charge is 0.333 e. The first-order valence-corrected chi connectivity index (χ1v) is 8.86. The normalized spacial score (nSPS) is 12.3. The highest BCUT2D eigenvalue weighted by Gasteiger charge is 2.21. The Balaban J connectivity index is 1.56. The fraction of sp³-hybridized carbons (Fsp3) is 0.190. The van der Waals surface area contributed by atoms with E-state index in [1.54, 1.807) is 11.9 Å². The molecule has 0 spiro atoms. The van der Waals surface area contributed by atoms with Gasteiger partial charge < -0.3 is 9.30 Å². The first-order valence-electron chi connectivity index (χ1n) is 8.86. The lowest BCUT2D eigenvalue weighted by Gasteiger charge is -2.24. The molecular weight excluding hydrogens is 338 g/mol. The molecule has 1 N–H and O–H groups in total. The number of fused-ring (bicyclic) bond motifs is 1. The lowest BCUT2D eigenvalue weighted by molar-refractivity contribution is 0.0739. The highest BCUT2D eigenvalue weighted by atomic mass is 16.2. The molecule has 0 saturated carbocycles. The molecule has 0 fully saturated rings. The average molecular weight is 359 g/mol. The van der Waals surface area contributed by atoms with Crippen LogP contribution in [-0.4, -0.2) is 37.4 Å². The Labute approximate surface area is 157 Å². The Morgan fingerprint density at radius 3 is 2.70 bits per heavy atom. The predicted octanol–water partition coefficient (Wildman–Crippen LogP) is 3.87. The number of nitrogens with one attached hydrogen (secondary N) is 1. The molecule has 3 aromatic heterocycles. The molecular formula is C21H21N5O. The summed E-state index contributed by atoms with van der Waals surface area (Å²) in [4.78, 5) is 19.1. The summed E-state index contributed by atoms with van der Waals surface area (Å²) in [5, 5.41) is 7.46. The topological polar surface area (TPSA) is 66.3 Å². The molecule has 27 heavy (non-hydrogen) atoms. The Morgan fingerprint density at radius 1 is 1.15 bits per heavy atom. The van der Waals surface area contributed by atoms with E-state index in [2.05, 4.69) is 15.2 Å². The van der Waals surface area contributed by atoms with Gasteiger partial charge in [0.15, 0.2) is 0 Å². The average Bonchev–Trinajstić information content (AvgIpc) is 3.32. The molecule has 4 aromatic rings. The first kappa shape index (κ1) is 17.0. The molecule has 0 saturated heterocycles. The SMILES string of the molecule is Cc1cn2cc(C(=O)N(C)[C@@H](C)c3cc(-c4ccccc4)n[nH]3)ccc2n1. The highest BCUT2D eigenvalue weighted by Crippen LogP contribution is 2.24. The van der Waals surface area contributed by atoms with Gasteiger partial charge in [0.2, 0.25) is 0 Å². The van der Waals surface area contributed by atoms with Crippen molar-refractivity contribution in [3.05, 3.63) is 77.9 Å². The number of imidazole rings is 1. The maximum absolute atomic E-state index is 12.9. The summed E-state index contributed by atoms with van der Waals surface area (Å²) in [6.07, 6.45) is 3.74. The number of aromatic nitrogens is 4. The van der Waals surface area contributed by atoms with Crippen molar-refractivity contribution in [2.45, 2.75) is 19.9 Å². The molecule has 0 aliphatic heterocycles. The van der Waals surface area contributed by atoms with E-state index in [4.69, 9.17) is 0 Å². The van der Waals surface area contributed by atoms with Gasteiger partial charge in [-0.3, -0.25) is 9.89 Å². The molecule has 0 bridgehead atoms.